The highest BCUT2D eigenvalue weighted by atomic mass is 16.4. The zero-order valence-corrected chi connectivity index (χ0v) is 16.0. The zero-order chi connectivity index (χ0) is 20.1. The van der Waals surface area contributed by atoms with Gasteiger partial charge in [-0.2, -0.15) is 0 Å². The van der Waals surface area contributed by atoms with Crippen LogP contribution in [-0.2, 0) is 22.4 Å². The van der Waals surface area contributed by atoms with Gasteiger partial charge in [0.1, 0.15) is 0 Å². The summed E-state index contributed by atoms with van der Waals surface area (Å²) in [5.41, 5.74) is 4.89. The van der Waals surface area contributed by atoms with Crippen molar-refractivity contribution in [2.24, 2.45) is 0 Å². The summed E-state index contributed by atoms with van der Waals surface area (Å²) in [6.07, 6.45) is 3.14. The maximum atomic E-state index is 12.5. The Morgan fingerprint density at radius 2 is 1.79 bits per heavy atom. The van der Waals surface area contributed by atoms with Gasteiger partial charge in [-0.1, -0.05) is 36.4 Å². The van der Waals surface area contributed by atoms with Crippen molar-refractivity contribution in [3.63, 3.8) is 0 Å². The molecule has 146 valence electrons. The molecule has 1 atom stereocenters. The molecule has 2 aromatic carbocycles. The molecule has 3 rings (SSSR count). The molecule has 2 aromatic rings. The van der Waals surface area contributed by atoms with E-state index in [0.717, 1.165) is 30.4 Å². The molecule has 0 radical (unpaired) electrons. The van der Waals surface area contributed by atoms with E-state index in [1.54, 1.807) is 0 Å². The monoisotopic (exact) mass is 379 g/mol. The summed E-state index contributed by atoms with van der Waals surface area (Å²) in [7, 11) is 0. The van der Waals surface area contributed by atoms with E-state index in [2.05, 4.69) is 5.32 Å². The molecular weight excluding hydrogens is 354 g/mol. The van der Waals surface area contributed by atoms with Crippen molar-refractivity contribution in [2.45, 2.75) is 51.5 Å². The van der Waals surface area contributed by atoms with Crippen LogP contribution in [0.25, 0.3) is 0 Å². The molecule has 0 spiro atoms. The molecule has 1 unspecified atom stereocenters. The first kappa shape index (κ1) is 19.8. The highest BCUT2D eigenvalue weighted by molar-refractivity contribution is 5.98. The topological polar surface area (TPSA) is 83.5 Å². The number of hydrogen-bond acceptors (Lipinski definition) is 3. The minimum atomic E-state index is -0.984. The number of fused-ring (bicyclic) bond motifs is 1. The van der Waals surface area contributed by atoms with Crippen molar-refractivity contribution >= 4 is 17.7 Å². The van der Waals surface area contributed by atoms with Crippen LogP contribution in [0.4, 0.5) is 0 Å². The fourth-order valence-corrected chi connectivity index (χ4v) is 3.77. The molecule has 1 aliphatic carbocycles. The van der Waals surface area contributed by atoms with E-state index in [0.29, 0.717) is 5.56 Å². The van der Waals surface area contributed by atoms with Crippen LogP contribution in [0.1, 0.15) is 64.3 Å². The highest BCUT2D eigenvalue weighted by Gasteiger charge is 2.20. The lowest BCUT2D eigenvalue weighted by Crippen LogP contribution is -2.30. The second kappa shape index (κ2) is 8.83. The van der Waals surface area contributed by atoms with Crippen LogP contribution in [0.3, 0.4) is 0 Å². The normalized spacial score (nSPS) is 13.6. The number of carbonyl (C=O) groups excluding carboxylic acids is 2. The van der Waals surface area contributed by atoms with E-state index in [4.69, 9.17) is 0 Å². The van der Waals surface area contributed by atoms with Gasteiger partial charge < -0.3 is 10.4 Å². The first-order valence-corrected chi connectivity index (χ1v) is 9.65. The molecule has 0 saturated heterocycles. The third kappa shape index (κ3) is 4.85. The maximum absolute atomic E-state index is 12.5. The smallest absolute Gasteiger partial charge is 0.305 e. The van der Waals surface area contributed by atoms with Gasteiger partial charge in [0.15, 0.2) is 5.78 Å². The number of nitrogens with one attached hydrogen (secondary N) is 1. The van der Waals surface area contributed by atoms with Crippen LogP contribution in [0.15, 0.2) is 42.5 Å². The molecule has 5 heteroatoms. The molecule has 2 N–H and O–H groups in total. The first-order chi connectivity index (χ1) is 13.4. The van der Waals surface area contributed by atoms with Crippen LogP contribution in [0.2, 0.25) is 0 Å². The van der Waals surface area contributed by atoms with E-state index in [1.165, 1.54) is 11.1 Å². The number of Topliss-reactive ketones (excluding diaryl/α,β-unsaturated/α-hetero) is 1. The molecule has 0 bridgehead atoms. The second-order valence-corrected chi connectivity index (χ2v) is 7.33. The number of amides is 1. The van der Waals surface area contributed by atoms with Gasteiger partial charge in [-0.15, -0.1) is 0 Å². The van der Waals surface area contributed by atoms with E-state index >= 15 is 0 Å². The molecule has 1 aliphatic rings. The maximum Gasteiger partial charge on any atom is 0.305 e. The largest absolute Gasteiger partial charge is 0.481 e. The number of rotatable bonds is 8. The summed E-state index contributed by atoms with van der Waals surface area (Å²) < 4.78 is 0. The van der Waals surface area contributed by atoms with E-state index in [1.807, 2.05) is 49.4 Å². The summed E-state index contributed by atoms with van der Waals surface area (Å²) >= 11 is 0. The zero-order valence-electron chi connectivity index (χ0n) is 16.0. The molecule has 0 aliphatic heterocycles. The van der Waals surface area contributed by atoms with Crippen molar-refractivity contribution < 1.29 is 19.5 Å². The number of carbonyl (C=O) groups is 3. The van der Waals surface area contributed by atoms with E-state index in [-0.39, 0.29) is 31.0 Å². The lowest BCUT2D eigenvalue weighted by molar-refractivity contribution is -0.137. The van der Waals surface area contributed by atoms with Crippen molar-refractivity contribution in [3.05, 3.63) is 70.3 Å². The molecule has 0 saturated carbocycles. The number of aryl methyl sites for hydroxylation is 3. The lowest BCUT2D eigenvalue weighted by Gasteiger charge is -2.19. The van der Waals surface area contributed by atoms with Crippen LogP contribution in [0.5, 0.6) is 0 Å². The van der Waals surface area contributed by atoms with Crippen LogP contribution in [0, 0.1) is 6.92 Å². The minimum absolute atomic E-state index is 0.0396. The van der Waals surface area contributed by atoms with Crippen molar-refractivity contribution in [1.29, 1.82) is 0 Å². The van der Waals surface area contributed by atoms with E-state index < -0.39 is 12.0 Å². The Morgan fingerprint density at radius 3 is 2.54 bits per heavy atom. The lowest BCUT2D eigenvalue weighted by atomic mass is 9.98. The molecular formula is C23H25NO4. The van der Waals surface area contributed by atoms with Crippen molar-refractivity contribution in [1.82, 2.24) is 5.32 Å². The van der Waals surface area contributed by atoms with Crippen LogP contribution < -0.4 is 5.32 Å². The van der Waals surface area contributed by atoms with Crippen LogP contribution >= 0.6 is 0 Å². The quantitative estimate of drug-likeness (QED) is 0.684. The van der Waals surface area contributed by atoms with Gasteiger partial charge in [-0.3, -0.25) is 14.4 Å². The highest BCUT2D eigenvalue weighted by Crippen LogP contribution is 2.24. The average Bonchev–Trinajstić information content (AvgIpc) is 3.13. The Hall–Kier alpha value is -2.95. The Bertz CT molecular complexity index is 903. The van der Waals surface area contributed by atoms with Crippen molar-refractivity contribution in [2.75, 3.05) is 0 Å². The first-order valence-electron chi connectivity index (χ1n) is 9.65. The van der Waals surface area contributed by atoms with Gasteiger partial charge >= 0.3 is 5.97 Å². The number of carboxylic acid groups (broad SMARTS) is 1. The third-order valence-electron chi connectivity index (χ3n) is 5.28. The molecule has 0 fully saturated rings. The Balaban J connectivity index is 1.60. The molecule has 1 amide bonds. The number of ketones is 1. The molecule has 0 heterocycles. The Kier molecular flexibility index (Phi) is 6.24. The Labute approximate surface area is 164 Å². The van der Waals surface area contributed by atoms with Gasteiger partial charge in [0, 0.05) is 18.4 Å². The molecule has 28 heavy (non-hydrogen) atoms. The predicted molar refractivity (Wildman–Crippen MR) is 106 cm³/mol. The summed E-state index contributed by atoms with van der Waals surface area (Å²) in [5.74, 6) is -1.36. The summed E-state index contributed by atoms with van der Waals surface area (Å²) in [4.78, 5) is 36.1. The molecule has 0 aromatic heterocycles. The number of aliphatic carboxylic acids is 1. The summed E-state index contributed by atoms with van der Waals surface area (Å²) in [5, 5.41) is 12.0. The second-order valence-electron chi connectivity index (χ2n) is 7.33. The fourth-order valence-electron chi connectivity index (χ4n) is 3.77. The minimum Gasteiger partial charge on any atom is -0.481 e. The van der Waals surface area contributed by atoms with Gasteiger partial charge in [0.2, 0.25) is 5.91 Å². The molecule has 5 nitrogen and oxygen atoms in total. The van der Waals surface area contributed by atoms with Gasteiger partial charge in [0.05, 0.1) is 12.5 Å². The standard InChI is InChI=1S/C23H25NO4/c1-15-5-2-3-8-19(15)20(14-23(27)28)24-22(26)12-11-21(25)18-10-9-16-6-4-7-17(16)13-18/h2-3,5,8-10,13,20H,4,6-7,11-12,14H2,1H3,(H,24,26)(H,27,28). The van der Waals surface area contributed by atoms with Crippen molar-refractivity contribution in [3.8, 4) is 0 Å². The fraction of sp³-hybridized carbons (Fsp3) is 0.348. The summed E-state index contributed by atoms with van der Waals surface area (Å²) in [6.45, 7) is 1.88. The van der Waals surface area contributed by atoms with Gasteiger partial charge in [0.25, 0.3) is 0 Å². The number of benzene rings is 2. The van der Waals surface area contributed by atoms with E-state index in [9.17, 15) is 19.5 Å². The van der Waals surface area contributed by atoms with Gasteiger partial charge in [-0.05, 0) is 54.5 Å². The Morgan fingerprint density at radius 1 is 1.04 bits per heavy atom. The number of hydrogen-bond donors (Lipinski definition) is 2. The average molecular weight is 379 g/mol. The number of carboxylic acids is 1. The summed E-state index contributed by atoms with van der Waals surface area (Å²) in [6, 6.07) is 12.6. The SMILES string of the molecule is Cc1ccccc1C(CC(=O)O)NC(=O)CCC(=O)c1ccc2c(c1)CCC2. The predicted octanol–water partition coefficient (Wildman–Crippen LogP) is 3.78. The van der Waals surface area contributed by atoms with Crippen LogP contribution in [-0.4, -0.2) is 22.8 Å². The van der Waals surface area contributed by atoms with Gasteiger partial charge in [-0.25, -0.2) is 0 Å². The third-order valence-corrected chi connectivity index (χ3v) is 5.28.